The fourth-order valence-electron chi connectivity index (χ4n) is 3.49. The first kappa shape index (κ1) is 17.7. The molecule has 8 heteroatoms. The SMILES string of the molecule is CC(C)NC(=O)CN1CCN(C(=O)NCc2n[nH]c3c2CCC3)CC1. The average molecular weight is 348 g/mol. The van der Waals surface area contributed by atoms with Crippen molar-refractivity contribution in [2.75, 3.05) is 32.7 Å². The van der Waals surface area contributed by atoms with Crippen LogP contribution in [0.4, 0.5) is 4.79 Å². The quantitative estimate of drug-likeness (QED) is 0.711. The number of aromatic nitrogens is 2. The summed E-state index contributed by atoms with van der Waals surface area (Å²) in [5.41, 5.74) is 3.46. The molecule has 0 saturated carbocycles. The molecule has 8 nitrogen and oxygen atoms in total. The molecule has 3 amide bonds. The number of urea groups is 1. The number of carbonyl (C=O) groups excluding carboxylic acids is 2. The minimum Gasteiger partial charge on any atom is -0.353 e. The Bertz CT molecular complexity index is 619. The Kier molecular flexibility index (Phi) is 5.57. The van der Waals surface area contributed by atoms with Gasteiger partial charge in [-0.1, -0.05) is 0 Å². The maximum absolute atomic E-state index is 12.3. The van der Waals surface area contributed by atoms with Crippen molar-refractivity contribution in [3.05, 3.63) is 17.0 Å². The Morgan fingerprint density at radius 1 is 1.20 bits per heavy atom. The lowest BCUT2D eigenvalue weighted by Gasteiger charge is -2.34. The molecule has 1 aliphatic carbocycles. The van der Waals surface area contributed by atoms with Crippen molar-refractivity contribution in [2.45, 2.75) is 45.7 Å². The summed E-state index contributed by atoms with van der Waals surface area (Å²) >= 11 is 0. The third-order valence-electron chi connectivity index (χ3n) is 4.78. The number of rotatable bonds is 5. The molecule has 1 saturated heterocycles. The molecule has 0 spiro atoms. The first-order chi connectivity index (χ1) is 12.0. The van der Waals surface area contributed by atoms with Gasteiger partial charge < -0.3 is 15.5 Å². The fraction of sp³-hybridized carbons (Fsp3) is 0.706. The molecule has 0 aromatic carbocycles. The molecule has 0 radical (unpaired) electrons. The van der Waals surface area contributed by atoms with E-state index in [-0.39, 0.29) is 18.0 Å². The number of piperazine rings is 1. The predicted octanol–water partition coefficient (Wildman–Crippen LogP) is 0.250. The van der Waals surface area contributed by atoms with Gasteiger partial charge >= 0.3 is 6.03 Å². The number of nitrogens with one attached hydrogen (secondary N) is 3. The van der Waals surface area contributed by atoms with Gasteiger partial charge in [0.25, 0.3) is 0 Å². The Morgan fingerprint density at radius 3 is 2.68 bits per heavy atom. The number of fused-ring (bicyclic) bond motifs is 1. The van der Waals surface area contributed by atoms with Crippen LogP contribution in [0.2, 0.25) is 0 Å². The molecule has 25 heavy (non-hydrogen) atoms. The van der Waals surface area contributed by atoms with Crippen molar-refractivity contribution < 1.29 is 9.59 Å². The lowest BCUT2D eigenvalue weighted by atomic mass is 10.2. The highest BCUT2D eigenvalue weighted by Gasteiger charge is 2.23. The van der Waals surface area contributed by atoms with E-state index in [1.54, 1.807) is 0 Å². The van der Waals surface area contributed by atoms with E-state index in [4.69, 9.17) is 0 Å². The highest BCUT2D eigenvalue weighted by molar-refractivity contribution is 5.78. The topological polar surface area (TPSA) is 93.4 Å². The van der Waals surface area contributed by atoms with Gasteiger partial charge in [-0.25, -0.2) is 4.79 Å². The number of H-pyrrole nitrogens is 1. The van der Waals surface area contributed by atoms with Crippen LogP contribution in [0.3, 0.4) is 0 Å². The van der Waals surface area contributed by atoms with Crippen molar-refractivity contribution in [1.82, 2.24) is 30.6 Å². The molecule has 0 atom stereocenters. The molecule has 0 bridgehead atoms. The van der Waals surface area contributed by atoms with E-state index in [0.717, 1.165) is 38.0 Å². The van der Waals surface area contributed by atoms with Gasteiger partial charge in [0.05, 0.1) is 18.8 Å². The van der Waals surface area contributed by atoms with E-state index >= 15 is 0 Å². The van der Waals surface area contributed by atoms with Crippen molar-refractivity contribution in [3.8, 4) is 0 Å². The Morgan fingerprint density at radius 2 is 1.96 bits per heavy atom. The predicted molar refractivity (Wildman–Crippen MR) is 94.1 cm³/mol. The molecule has 1 aliphatic heterocycles. The number of carbonyl (C=O) groups is 2. The summed E-state index contributed by atoms with van der Waals surface area (Å²) in [5, 5.41) is 13.2. The van der Waals surface area contributed by atoms with Crippen molar-refractivity contribution in [3.63, 3.8) is 0 Å². The van der Waals surface area contributed by atoms with Crippen LogP contribution >= 0.6 is 0 Å². The largest absolute Gasteiger partial charge is 0.353 e. The molecule has 1 fully saturated rings. The number of hydrogen-bond donors (Lipinski definition) is 3. The molecule has 1 aromatic rings. The third-order valence-corrected chi connectivity index (χ3v) is 4.78. The zero-order chi connectivity index (χ0) is 17.8. The molecule has 0 unspecified atom stereocenters. The Hall–Kier alpha value is -2.09. The van der Waals surface area contributed by atoms with Gasteiger partial charge in [-0.15, -0.1) is 0 Å². The van der Waals surface area contributed by atoms with Gasteiger partial charge in [0, 0.05) is 37.9 Å². The van der Waals surface area contributed by atoms with Gasteiger partial charge in [-0.3, -0.25) is 14.8 Å². The maximum Gasteiger partial charge on any atom is 0.317 e. The molecule has 2 aliphatic rings. The van der Waals surface area contributed by atoms with Gasteiger partial charge in [-0.05, 0) is 38.7 Å². The summed E-state index contributed by atoms with van der Waals surface area (Å²) in [4.78, 5) is 28.0. The van der Waals surface area contributed by atoms with Crippen molar-refractivity contribution in [1.29, 1.82) is 0 Å². The van der Waals surface area contributed by atoms with Crippen LogP contribution in [-0.2, 0) is 24.2 Å². The fourth-order valence-corrected chi connectivity index (χ4v) is 3.49. The Balaban J connectivity index is 1.40. The summed E-state index contributed by atoms with van der Waals surface area (Å²) < 4.78 is 0. The van der Waals surface area contributed by atoms with Crippen LogP contribution in [0.5, 0.6) is 0 Å². The maximum atomic E-state index is 12.3. The van der Waals surface area contributed by atoms with Crippen LogP contribution in [0, 0.1) is 0 Å². The molecule has 138 valence electrons. The van der Waals surface area contributed by atoms with E-state index < -0.39 is 0 Å². The van der Waals surface area contributed by atoms with Gasteiger partial charge in [-0.2, -0.15) is 5.10 Å². The van der Waals surface area contributed by atoms with Crippen LogP contribution in [0.15, 0.2) is 0 Å². The summed E-state index contributed by atoms with van der Waals surface area (Å²) in [5.74, 6) is 0.0419. The number of amides is 3. The number of nitrogens with zero attached hydrogens (tertiary/aromatic N) is 3. The van der Waals surface area contributed by atoms with Gasteiger partial charge in [0.15, 0.2) is 0 Å². The average Bonchev–Trinajstić information content (AvgIpc) is 3.16. The van der Waals surface area contributed by atoms with Gasteiger partial charge in [0.2, 0.25) is 5.91 Å². The molecule has 2 heterocycles. The van der Waals surface area contributed by atoms with E-state index in [1.165, 1.54) is 11.3 Å². The molecular formula is C17H28N6O2. The monoisotopic (exact) mass is 348 g/mol. The summed E-state index contributed by atoms with van der Waals surface area (Å²) in [6.07, 6.45) is 3.27. The minimum atomic E-state index is -0.0546. The summed E-state index contributed by atoms with van der Waals surface area (Å²) in [6, 6.07) is 0.101. The van der Waals surface area contributed by atoms with Crippen molar-refractivity contribution in [2.24, 2.45) is 0 Å². The van der Waals surface area contributed by atoms with E-state index in [0.29, 0.717) is 26.2 Å². The molecule has 3 rings (SSSR count). The summed E-state index contributed by atoms with van der Waals surface area (Å²) in [6.45, 7) is 7.49. The van der Waals surface area contributed by atoms with Crippen LogP contribution in [0.25, 0.3) is 0 Å². The normalized spacial score (nSPS) is 17.6. The standard InChI is InChI=1S/C17H28N6O2/c1-12(2)19-16(24)11-22-6-8-23(9-7-22)17(25)18-10-15-13-4-3-5-14(13)20-21-15/h12H,3-11H2,1-2H3,(H,18,25)(H,19,24)(H,20,21). The van der Waals surface area contributed by atoms with Crippen molar-refractivity contribution >= 4 is 11.9 Å². The van der Waals surface area contributed by atoms with Crippen LogP contribution in [-0.4, -0.2) is 70.7 Å². The van der Waals surface area contributed by atoms with E-state index in [2.05, 4.69) is 25.7 Å². The second-order valence-corrected chi connectivity index (χ2v) is 7.13. The number of aromatic amines is 1. The molecular weight excluding hydrogens is 320 g/mol. The lowest BCUT2D eigenvalue weighted by molar-refractivity contribution is -0.123. The van der Waals surface area contributed by atoms with E-state index in [9.17, 15) is 9.59 Å². The first-order valence-electron chi connectivity index (χ1n) is 9.12. The minimum absolute atomic E-state index is 0.0419. The molecule has 3 N–H and O–H groups in total. The lowest BCUT2D eigenvalue weighted by Crippen LogP contribution is -2.53. The summed E-state index contributed by atoms with van der Waals surface area (Å²) in [7, 11) is 0. The Labute approximate surface area is 148 Å². The highest BCUT2D eigenvalue weighted by atomic mass is 16.2. The highest BCUT2D eigenvalue weighted by Crippen LogP contribution is 2.22. The van der Waals surface area contributed by atoms with Crippen LogP contribution < -0.4 is 10.6 Å². The zero-order valence-electron chi connectivity index (χ0n) is 15.1. The van der Waals surface area contributed by atoms with Crippen LogP contribution in [0.1, 0.15) is 37.2 Å². The second-order valence-electron chi connectivity index (χ2n) is 7.13. The number of hydrogen-bond acceptors (Lipinski definition) is 4. The van der Waals surface area contributed by atoms with E-state index in [1.807, 2.05) is 18.7 Å². The number of aryl methyl sites for hydroxylation is 1. The smallest absolute Gasteiger partial charge is 0.317 e. The zero-order valence-corrected chi connectivity index (χ0v) is 15.1. The molecule has 1 aromatic heterocycles. The third kappa shape index (κ3) is 4.50. The second kappa shape index (κ2) is 7.86. The first-order valence-corrected chi connectivity index (χ1v) is 9.12. The van der Waals surface area contributed by atoms with Gasteiger partial charge in [0.1, 0.15) is 0 Å².